The van der Waals surface area contributed by atoms with Gasteiger partial charge < -0.3 is 29.0 Å². The molecule has 1 aromatic heterocycles. The van der Waals surface area contributed by atoms with Crippen LogP contribution in [0.1, 0.15) is 56.1 Å². The second kappa shape index (κ2) is 15.4. The quantitative estimate of drug-likeness (QED) is 0.307. The molecule has 1 aliphatic heterocycles. The third kappa shape index (κ3) is 8.82. The third-order valence-electron chi connectivity index (χ3n) is 7.01. The molecular weight excluding hydrogens is 540 g/mol. The van der Waals surface area contributed by atoms with E-state index in [1.54, 1.807) is 6.92 Å². The van der Waals surface area contributed by atoms with Crippen LogP contribution in [0.15, 0.2) is 36.5 Å². The SMILES string of the molecule is CCOCC(=O)OCOc1c(OC)ccnc1C(=O)N[C@H]1CCC[C@H](Cc2ccc(Cl)cc2)[C@@H](C)[C@H](C)OC1=O. The molecule has 1 N–H and O–H groups in total. The molecule has 3 rings (SSSR count). The highest BCUT2D eigenvalue weighted by molar-refractivity contribution is 6.30. The Balaban J connectivity index is 1.69. The number of rotatable bonds is 11. The summed E-state index contributed by atoms with van der Waals surface area (Å²) in [5.41, 5.74) is 1.05. The number of carbonyl (C=O) groups excluding carboxylic acids is 3. The molecule has 2 heterocycles. The fraction of sp³-hybridized carbons (Fsp3) is 0.517. The molecule has 0 radical (unpaired) electrons. The van der Waals surface area contributed by atoms with Gasteiger partial charge in [0.25, 0.3) is 5.91 Å². The van der Waals surface area contributed by atoms with Crippen molar-refractivity contribution >= 4 is 29.4 Å². The second-order valence-electron chi connectivity index (χ2n) is 9.66. The number of hydrogen-bond acceptors (Lipinski definition) is 9. The van der Waals surface area contributed by atoms with Crippen molar-refractivity contribution in [3.63, 3.8) is 0 Å². The van der Waals surface area contributed by atoms with Crippen molar-refractivity contribution in [2.75, 3.05) is 27.1 Å². The molecule has 1 aromatic carbocycles. The molecule has 0 aliphatic carbocycles. The number of nitrogens with zero attached hydrogens (tertiary/aromatic N) is 1. The molecule has 10 nitrogen and oxygen atoms in total. The number of halogens is 1. The van der Waals surface area contributed by atoms with Gasteiger partial charge >= 0.3 is 11.9 Å². The monoisotopic (exact) mass is 576 g/mol. The van der Waals surface area contributed by atoms with E-state index in [-0.39, 0.29) is 41.7 Å². The lowest BCUT2D eigenvalue weighted by atomic mass is 9.81. The molecule has 0 unspecified atom stereocenters. The summed E-state index contributed by atoms with van der Waals surface area (Å²) in [7, 11) is 1.41. The van der Waals surface area contributed by atoms with Crippen LogP contribution < -0.4 is 14.8 Å². The Kier molecular flexibility index (Phi) is 12.0. The maximum atomic E-state index is 13.3. The maximum absolute atomic E-state index is 13.3. The average molecular weight is 577 g/mol. The maximum Gasteiger partial charge on any atom is 0.334 e. The Morgan fingerprint density at radius 2 is 1.90 bits per heavy atom. The van der Waals surface area contributed by atoms with Crippen LogP contribution in [0.25, 0.3) is 0 Å². The fourth-order valence-corrected chi connectivity index (χ4v) is 4.69. The highest BCUT2D eigenvalue weighted by atomic mass is 35.5. The molecule has 1 amide bonds. The molecular formula is C29H37ClN2O8. The van der Waals surface area contributed by atoms with E-state index >= 15 is 0 Å². The molecule has 218 valence electrons. The first-order chi connectivity index (χ1) is 19.2. The van der Waals surface area contributed by atoms with Crippen molar-refractivity contribution in [1.29, 1.82) is 0 Å². The van der Waals surface area contributed by atoms with E-state index < -0.39 is 30.7 Å². The highest BCUT2D eigenvalue weighted by Crippen LogP contribution is 2.31. The Bertz CT molecular complexity index is 1140. The largest absolute Gasteiger partial charge is 0.493 e. The van der Waals surface area contributed by atoms with E-state index in [1.165, 1.54) is 24.9 Å². The van der Waals surface area contributed by atoms with E-state index in [0.29, 0.717) is 24.5 Å². The van der Waals surface area contributed by atoms with Crippen LogP contribution in [0.5, 0.6) is 11.5 Å². The number of carbonyl (C=O) groups is 3. The van der Waals surface area contributed by atoms with Gasteiger partial charge in [-0.3, -0.25) is 4.79 Å². The number of hydrogen-bond donors (Lipinski definition) is 1. The standard InChI is InChI=1S/C29H37ClN2O8/c1-5-37-16-25(33)38-17-39-27-24(36-4)13-14-31-26(27)28(34)32-23-8-6-7-21(18(2)19(3)40-29(23)35)15-20-9-11-22(30)12-10-20/h9-14,18-19,21,23H,5-8,15-17H2,1-4H3,(H,32,34)/t18-,19-,21+,23-/m0/s1. The number of esters is 2. The lowest BCUT2D eigenvalue weighted by molar-refractivity contribution is -0.155. The number of amides is 1. The number of nitrogens with one attached hydrogen (secondary N) is 1. The molecule has 1 fully saturated rings. The minimum absolute atomic E-state index is 0.0202. The summed E-state index contributed by atoms with van der Waals surface area (Å²) in [5.74, 6) is -1.19. The Labute approximate surface area is 239 Å². The van der Waals surface area contributed by atoms with Gasteiger partial charge in [0.2, 0.25) is 6.79 Å². The lowest BCUT2D eigenvalue weighted by Crippen LogP contribution is -2.43. The van der Waals surface area contributed by atoms with Gasteiger partial charge in [-0.2, -0.15) is 0 Å². The zero-order valence-corrected chi connectivity index (χ0v) is 24.1. The van der Waals surface area contributed by atoms with Crippen molar-refractivity contribution in [3.05, 3.63) is 52.8 Å². The molecule has 0 spiro atoms. The minimum atomic E-state index is -0.874. The van der Waals surface area contributed by atoms with Crippen molar-refractivity contribution < 1.29 is 38.1 Å². The smallest absolute Gasteiger partial charge is 0.334 e. The van der Waals surface area contributed by atoms with E-state index in [1.807, 2.05) is 31.2 Å². The van der Waals surface area contributed by atoms with Crippen LogP contribution in [-0.4, -0.2) is 62.1 Å². The van der Waals surface area contributed by atoms with Crippen LogP contribution in [0.4, 0.5) is 0 Å². The number of pyridine rings is 1. The molecule has 4 atom stereocenters. The first-order valence-corrected chi connectivity index (χ1v) is 13.8. The van der Waals surface area contributed by atoms with Gasteiger partial charge in [-0.25, -0.2) is 14.6 Å². The predicted molar refractivity (Wildman–Crippen MR) is 147 cm³/mol. The first kappa shape index (κ1) is 31.2. The van der Waals surface area contributed by atoms with E-state index in [4.69, 9.17) is 35.3 Å². The molecule has 40 heavy (non-hydrogen) atoms. The van der Waals surface area contributed by atoms with Gasteiger partial charge in [0, 0.05) is 23.9 Å². The van der Waals surface area contributed by atoms with Gasteiger partial charge in [0.15, 0.2) is 17.2 Å². The highest BCUT2D eigenvalue weighted by Gasteiger charge is 2.33. The van der Waals surface area contributed by atoms with E-state index in [0.717, 1.165) is 12.8 Å². The number of cyclic esters (lactones) is 1. The molecule has 11 heteroatoms. The molecule has 0 bridgehead atoms. The molecule has 2 aromatic rings. The lowest BCUT2D eigenvalue weighted by Gasteiger charge is -2.28. The van der Waals surface area contributed by atoms with Crippen LogP contribution in [0, 0.1) is 11.8 Å². The Morgan fingerprint density at radius 1 is 1.15 bits per heavy atom. The zero-order chi connectivity index (χ0) is 29.1. The van der Waals surface area contributed by atoms with Gasteiger partial charge in [-0.1, -0.05) is 37.1 Å². The summed E-state index contributed by atoms with van der Waals surface area (Å²) in [6.07, 6.45) is 3.84. The van der Waals surface area contributed by atoms with Crippen LogP contribution in [0.3, 0.4) is 0 Å². The summed E-state index contributed by atoms with van der Waals surface area (Å²) in [5, 5.41) is 3.44. The molecule has 1 aliphatic rings. The van der Waals surface area contributed by atoms with Crippen molar-refractivity contribution in [2.24, 2.45) is 11.8 Å². The van der Waals surface area contributed by atoms with Gasteiger partial charge in [-0.05, 0) is 62.6 Å². The number of benzene rings is 1. The van der Waals surface area contributed by atoms with Crippen LogP contribution in [-0.2, 0) is 30.2 Å². The number of aromatic nitrogens is 1. The summed E-state index contributed by atoms with van der Waals surface area (Å²) >= 11 is 6.04. The third-order valence-corrected chi connectivity index (χ3v) is 7.26. The Hall–Kier alpha value is -3.37. The zero-order valence-electron chi connectivity index (χ0n) is 23.3. The summed E-state index contributed by atoms with van der Waals surface area (Å²) in [6, 6.07) is 8.42. The molecule has 0 saturated carbocycles. The van der Waals surface area contributed by atoms with Gasteiger partial charge in [0.05, 0.1) is 7.11 Å². The van der Waals surface area contributed by atoms with E-state index in [2.05, 4.69) is 17.2 Å². The number of ether oxygens (including phenoxy) is 5. The minimum Gasteiger partial charge on any atom is -0.493 e. The van der Waals surface area contributed by atoms with E-state index in [9.17, 15) is 14.4 Å². The second-order valence-corrected chi connectivity index (χ2v) is 10.1. The van der Waals surface area contributed by atoms with Crippen LogP contribution >= 0.6 is 11.6 Å². The first-order valence-electron chi connectivity index (χ1n) is 13.4. The summed E-state index contributed by atoms with van der Waals surface area (Å²) in [4.78, 5) is 42.2. The normalized spacial score (nSPS) is 21.3. The van der Waals surface area contributed by atoms with Crippen molar-refractivity contribution in [3.8, 4) is 11.5 Å². The van der Waals surface area contributed by atoms with Gasteiger partial charge in [0.1, 0.15) is 18.8 Å². The fourth-order valence-electron chi connectivity index (χ4n) is 4.56. The topological polar surface area (TPSA) is 122 Å². The molecule has 1 saturated heterocycles. The van der Waals surface area contributed by atoms with Gasteiger partial charge in [-0.15, -0.1) is 0 Å². The Morgan fingerprint density at radius 3 is 2.60 bits per heavy atom. The summed E-state index contributed by atoms with van der Waals surface area (Å²) < 4.78 is 26.6. The number of methoxy groups -OCH3 is 1. The van der Waals surface area contributed by atoms with Crippen LogP contribution in [0.2, 0.25) is 5.02 Å². The summed E-state index contributed by atoms with van der Waals surface area (Å²) in [6.45, 7) is 5.38. The van der Waals surface area contributed by atoms with Crippen molar-refractivity contribution in [1.82, 2.24) is 10.3 Å². The predicted octanol–water partition coefficient (Wildman–Crippen LogP) is 4.37. The van der Waals surface area contributed by atoms with Crippen molar-refractivity contribution in [2.45, 2.75) is 58.6 Å². The average Bonchev–Trinajstić information content (AvgIpc) is 2.99.